The summed E-state index contributed by atoms with van der Waals surface area (Å²) >= 11 is 0. The zero-order valence-electron chi connectivity index (χ0n) is 17.2. The number of hydrogen-bond acceptors (Lipinski definition) is 5. The standard InChI is InChI=1S/C23H21N5O2/c1-14-15(2)28(17-10-6-8-12-19(17)30-4)22-20(14)23-25-21(26-27(23)13-24-22)16-9-5-7-11-18(16)29-3/h5-13H,1-4H3. The van der Waals surface area contributed by atoms with E-state index in [1.54, 1.807) is 25.1 Å². The number of fused-ring (bicyclic) bond motifs is 3. The van der Waals surface area contributed by atoms with Crippen molar-refractivity contribution in [1.82, 2.24) is 24.1 Å². The molecule has 0 radical (unpaired) electrons. The van der Waals surface area contributed by atoms with Crippen molar-refractivity contribution < 1.29 is 9.47 Å². The van der Waals surface area contributed by atoms with Crippen LogP contribution >= 0.6 is 0 Å². The van der Waals surface area contributed by atoms with E-state index in [-0.39, 0.29) is 0 Å². The molecule has 0 spiro atoms. The summed E-state index contributed by atoms with van der Waals surface area (Å²) in [6.45, 7) is 4.17. The van der Waals surface area contributed by atoms with E-state index in [4.69, 9.17) is 19.4 Å². The van der Waals surface area contributed by atoms with Crippen molar-refractivity contribution in [3.8, 4) is 28.6 Å². The minimum Gasteiger partial charge on any atom is -0.496 e. The Labute approximate surface area is 173 Å². The van der Waals surface area contributed by atoms with Gasteiger partial charge in [-0.25, -0.2) is 14.5 Å². The fourth-order valence-corrected chi connectivity index (χ4v) is 3.91. The molecule has 30 heavy (non-hydrogen) atoms. The van der Waals surface area contributed by atoms with E-state index < -0.39 is 0 Å². The van der Waals surface area contributed by atoms with Gasteiger partial charge in [0.25, 0.3) is 0 Å². The molecule has 0 aliphatic heterocycles. The quantitative estimate of drug-likeness (QED) is 0.449. The molecule has 7 nitrogen and oxygen atoms in total. The van der Waals surface area contributed by atoms with Crippen LogP contribution in [0.2, 0.25) is 0 Å². The number of para-hydroxylation sites is 3. The van der Waals surface area contributed by atoms with Gasteiger partial charge in [-0.15, -0.1) is 5.10 Å². The second kappa shape index (κ2) is 6.88. The summed E-state index contributed by atoms with van der Waals surface area (Å²) in [7, 11) is 3.33. The van der Waals surface area contributed by atoms with E-state index in [1.165, 1.54) is 0 Å². The third-order valence-electron chi connectivity index (χ3n) is 5.51. The SMILES string of the molecule is COc1ccccc1-c1nc2c3c(C)c(C)n(-c4ccccc4OC)c3ncn2n1. The minimum absolute atomic E-state index is 0.601. The van der Waals surface area contributed by atoms with Crippen molar-refractivity contribution in [2.45, 2.75) is 13.8 Å². The molecule has 0 amide bonds. The Balaban J connectivity index is 1.81. The second-order valence-electron chi connectivity index (χ2n) is 7.06. The molecule has 5 rings (SSSR count). The van der Waals surface area contributed by atoms with Gasteiger partial charge in [-0.05, 0) is 43.7 Å². The largest absolute Gasteiger partial charge is 0.496 e. The predicted molar refractivity (Wildman–Crippen MR) is 116 cm³/mol. The van der Waals surface area contributed by atoms with Crippen LogP contribution in [0, 0.1) is 13.8 Å². The van der Waals surface area contributed by atoms with Crippen LogP contribution in [0.1, 0.15) is 11.3 Å². The number of nitrogens with zero attached hydrogens (tertiary/aromatic N) is 5. The summed E-state index contributed by atoms with van der Waals surface area (Å²) in [5, 5.41) is 5.62. The fourth-order valence-electron chi connectivity index (χ4n) is 3.91. The number of aromatic nitrogens is 5. The Morgan fingerprint density at radius 2 is 1.53 bits per heavy atom. The van der Waals surface area contributed by atoms with Crippen LogP contribution in [0.25, 0.3) is 33.8 Å². The smallest absolute Gasteiger partial charge is 0.185 e. The molecule has 0 bridgehead atoms. The average Bonchev–Trinajstić information content (AvgIpc) is 3.32. The number of methoxy groups -OCH3 is 2. The number of benzene rings is 2. The predicted octanol–water partition coefficient (Wildman–Crippen LogP) is 4.37. The molecule has 2 aromatic carbocycles. The molecular formula is C23H21N5O2. The first-order valence-corrected chi connectivity index (χ1v) is 9.63. The molecule has 7 heteroatoms. The third-order valence-corrected chi connectivity index (χ3v) is 5.51. The molecule has 0 N–H and O–H groups in total. The molecule has 150 valence electrons. The lowest BCUT2D eigenvalue weighted by molar-refractivity contribution is 0.413. The van der Waals surface area contributed by atoms with Crippen LogP contribution < -0.4 is 9.47 Å². The summed E-state index contributed by atoms with van der Waals surface area (Å²) in [5.41, 5.74) is 5.55. The maximum Gasteiger partial charge on any atom is 0.185 e. The molecule has 0 aliphatic carbocycles. The van der Waals surface area contributed by atoms with Crippen molar-refractivity contribution in [2.24, 2.45) is 0 Å². The summed E-state index contributed by atoms with van der Waals surface area (Å²) in [5.74, 6) is 2.12. The van der Waals surface area contributed by atoms with Crippen molar-refractivity contribution in [3.05, 3.63) is 66.1 Å². The summed E-state index contributed by atoms with van der Waals surface area (Å²) in [4.78, 5) is 9.59. The maximum atomic E-state index is 5.59. The van der Waals surface area contributed by atoms with Gasteiger partial charge in [-0.3, -0.25) is 4.57 Å². The van der Waals surface area contributed by atoms with Crippen LogP contribution in [-0.4, -0.2) is 38.4 Å². The van der Waals surface area contributed by atoms with Gasteiger partial charge in [0.05, 0.1) is 30.9 Å². The molecule has 0 atom stereocenters. The maximum absolute atomic E-state index is 5.59. The minimum atomic E-state index is 0.601. The average molecular weight is 399 g/mol. The fraction of sp³-hybridized carbons (Fsp3) is 0.174. The zero-order chi connectivity index (χ0) is 20.8. The third kappa shape index (κ3) is 2.55. The van der Waals surface area contributed by atoms with Crippen LogP contribution in [-0.2, 0) is 0 Å². The van der Waals surface area contributed by atoms with Crippen molar-refractivity contribution in [2.75, 3.05) is 14.2 Å². The Hall–Kier alpha value is -3.87. The number of rotatable bonds is 4. The first-order valence-electron chi connectivity index (χ1n) is 9.63. The van der Waals surface area contributed by atoms with E-state index in [0.717, 1.165) is 50.7 Å². The monoisotopic (exact) mass is 399 g/mol. The molecule has 0 saturated carbocycles. The first kappa shape index (κ1) is 18.2. The van der Waals surface area contributed by atoms with Crippen LogP contribution in [0.3, 0.4) is 0 Å². The lowest BCUT2D eigenvalue weighted by Crippen LogP contribution is -2.01. The van der Waals surface area contributed by atoms with E-state index in [9.17, 15) is 0 Å². The topological polar surface area (TPSA) is 66.5 Å². The molecule has 3 heterocycles. The van der Waals surface area contributed by atoms with Gasteiger partial charge >= 0.3 is 0 Å². The highest BCUT2D eigenvalue weighted by molar-refractivity contribution is 5.95. The normalized spacial score (nSPS) is 11.3. The lowest BCUT2D eigenvalue weighted by Gasteiger charge is -2.12. The van der Waals surface area contributed by atoms with Gasteiger partial charge in [-0.2, -0.15) is 0 Å². The van der Waals surface area contributed by atoms with Gasteiger partial charge in [0.2, 0.25) is 0 Å². The van der Waals surface area contributed by atoms with Crippen molar-refractivity contribution in [3.63, 3.8) is 0 Å². The summed E-state index contributed by atoms with van der Waals surface area (Å²) < 4.78 is 14.9. The zero-order valence-corrected chi connectivity index (χ0v) is 17.2. The number of hydrogen-bond donors (Lipinski definition) is 0. The number of aryl methyl sites for hydroxylation is 1. The van der Waals surface area contributed by atoms with Gasteiger partial charge in [-0.1, -0.05) is 24.3 Å². The van der Waals surface area contributed by atoms with Crippen molar-refractivity contribution >= 4 is 16.7 Å². The van der Waals surface area contributed by atoms with E-state index in [1.807, 2.05) is 48.5 Å². The first-order chi connectivity index (χ1) is 14.6. The molecule has 0 fully saturated rings. The highest BCUT2D eigenvalue weighted by Gasteiger charge is 2.21. The molecule has 5 aromatic rings. The Morgan fingerprint density at radius 3 is 2.30 bits per heavy atom. The van der Waals surface area contributed by atoms with Gasteiger partial charge < -0.3 is 9.47 Å². The highest BCUT2D eigenvalue weighted by Crippen LogP contribution is 2.34. The van der Waals surface area contributed by atoms with Gasteiger partial charge in [0, 0.05) is 5.69 Å². The van der Waals surface area contributed by atoms with E-state index in [0.29, 0.717) is 5.82 Å². The summed E-state index contributed by atoms with van der Waals surface area (Å²) in [6.07, 6.45) is 1.70. The van der Waals surface area contributed by atoms with E-state index in [2.05, 4.69) is 23.5 Å². The lowest BCUT2D eigenvalue weighted by atomic mass is 10.2. The van der Waals surface area contributed by atoms with Crippen molar-refractivity contribution in [1.29, 1.82) is 0 Å². The molecular weight excluding hydrogens is 378 g/mol. The highest BCUT2D eigenvalue weighted by atomic mass is 16.5. The molecule has 0 saturated heterocycles. The van der Waals surface area contributed by atoms with Crippen LogP contribution in [0.5, 0.6) is 11.5 Å². The molecule has 0 aliphatic rings. The Morgan fingerprint density at radius 1 is 0.833 bits per heavy atom. The van der Waals surface area contributed by atoms with Gasteiger partial charge in [0.1, 0.15) is 17.8 Å². The van der Waals surface area contributed by atoms with Crippen LogP contribution in [0.15, 0.2) is 54.9 Å². The Bertz CT molecular complexity index is 1400. The van der Waals surface area contributed by atoms with Gasteiger partial charge in [0.15, 0.2) is 17.1 Å². The molecule has 0 unspecified atom stereocenters. The summed E-state index contributed by atoms with van der Waals surface area (Å²) in [6, 6.07) is 15.7. The second-order valence-corrected chi connectivity index (χ2v) is 7.06. The molecule has 3 aromatic heterocycles. The Kier molecular flexibility index (Phi) is 4.17. The van der Waals surface area contributed by atoms with E-state index >= 15 is 0 Å². The van der Waals surface area contributed by atoms with Crippen LogP contribution in [0.4, 0.5) is 0 Å². The number of ether oxygens (including phenoxy) is 2.